The molecule has 0 saturated carbocycles. The van der Waals surface area contributed by atoms with E-state index in [9.17, 15) is 0 Å². The number of nitrogens with one attached hydrogen (secondary N) is 1. The normalized spacial score (nSPS) is 13.6. The Balaban J connectivity index is 2.88. The van der Waals surface area contributed by atoms with Crippen LogP contribution in [0.3, 0.4) is 0 Å². The van der Waals surface area contributed by atoms with Crippen LogP contribution in [0, 0.1) is 13.8 Å². The standard InChI is InChI=1S/C17H29NO/c1-7-18-15(11-12-17(4,5)19-6)16-13(2)9-8-10-14(16)3/h8-10,15,18H,7,11-12H2,1-6H3. The maximum Gasteiger partial charge on any atom is 0.0623 e. The highest BCUT2D eigenvalue weighted by atomic mass is 16.5. The number of hydrogen-bond donors (Lipinski definition) is 1. The predicted octanol–water partition coefficient (Wildman–Crippen LogP) is 4.16. The van der Waals surface area contributed by atoms with Crippen LogP contribution in [0.5, 0.6) is 0 Å². The summed E-state index contributed by atoms with van der Waals surface area (Å²) < 4.78 is 5.53. The van der Waals surface area contributed by atoms with Crippen molar-refractivity contribution in [1.82, 2.24) is 5.32 Å². The summed E-state index contributed by atoms with van der Waals surface area (Å²) in [6.07, 6.45) is 2.15. The van der Waals surface area contributed by atoms with Gasteiger partial charge in [-0.25, -0.2) is 0 Å². The van der Waals surface area contributed by atoms with E-state index in [1.54, 1.807) is 7.11 Å². The third kappa shape index (κ3) is 4.63. The largest absolute Gasteiger partial charge is 0.379 e. The van der Waals surface area contributed by atoms with Gasteiger partial charge in [-0.3, -0.25) is 0 Å². The van der Waals surface area contributed by atoms with E-state index in [0.717, 1.165) is 19.4 Å². The fraction of sp³-hybridized carbons (Fsp3) is 0.647. The van der Waals surface area contributed by atoms with E-state index in [1.807, 2.05) is 0 Å². The van der Waals surface area contributed by atoms with Crippen molar-refractivity contribution in [3.63, 3.8) is 0 Å². The first-order chi connectivity index (χ1) is 8.91. The number of benzene rings is 1. The van der Waals surface area contributed by atoms with Gasteiger partial charge in [-0.15, -0.1) is 0 Å². The summed E-state index contributed by atoms with van der Waals surface area (Å²) in [4.78, 5) is 0. The first-order valence-electron chi connectivity index (χ1n) is 7.26. The Morgan fingerprint density at radius 2 is 1.79 bits per heavy atom. The van der Waals surface area contributed by atoms with Crippen molar-refractivity contribution >= 4 is 0 Å². The molecule has 1 atom stereocenters. The molecule has 19 heavy (non-hydrogen) atoms. The maximum absolute atomic E-state index is 5.53. The quantitative estimate of drug-likeness (QED) is 0.797. The lowest BCUT2D eigenvalue weighted by atomic mass is 9.90. The van der Waals surface area contributed by atoms with Gasteiger partial charge in [0, 0.05) is 13.2 Å². The zero-order valence-electron chi connectivity index (χ0n) is 13.3. The second-order valence-corrected chi connectivity index (χ2v) is 5.92. The highest BCUT2D eigenvalue weighted by Crippen LogP contribution is 2.28. The van der Waals surface area contributed by atoms with Crippen molar-refractivity contribution in [3.05, 3.63) is 34.9 Å². The molecule has 0 radical (unpaired) electrons. The monoisotopic (exact) mass is 263 g/mol. The number of hydrogen-bond acceptors (Lipinski definition) is 2. The summed E-state index contributed by atoms with van der Waals surface area (Å²) in [7, 11) is 1.79. The Bertz CT molecular complexity index is 378. The van der Waals surface area contributed by atoms with Gasteiger partial charge >= 0.3 is 0 Å². The van der Waals surface area contributed by atoms with Crippen molar-refractivity contribution in [2.24, 2.45) is 0 Å². The number of aryl methyl sites for hydroxylation is 2. The van der Waals surface area contributed by atoms with E-state index in [-0.39, 0.29) is 5.60 Å². The van der Waals surface area contributed by atoms with E-state index < -0.39 is 0 Å². The molecule has 0 aliphatic rings. The molecule has 1 rings (SSSR count). The topological polar surface area (TPSA) is 21.3 Å². The van der Waals surface area contributed by atoms with Crippen molar-refractivity contribution in [2.75, 3.05) is 13.7 Å². The minimum absolute atomic E-state index is 0.0513. The van der Waals surface area contributed by atoms with Crippen molar-refractivity contribution in [1.29, 1.82) is 0 Å². The van der Waals surface area contributed by atoms with Crippen LogP contribution in [-0.4, -0.2) is 19.3 Å². The molecule has 0 aromatic heterocycles. The number of ether oxygens (including phenoxy) is 1. The van der Waals surface area contributed by atoms with Crippen LogP contribution in [0.2, 0.25) is 0 Å². The molecule has 0 aliphatic heterocycles. The molecule has 1 unspecified atom stereocenters. The Kier molecular flexibility index (Phi) is 6.02. The van der Waals surface area contributed by atoms with Crippen molar-refractivity contribution in [3.8, 4) is 0 Å². The van der Waals surface area contributed by atoms with Gasteiger partial charge < -0.3 is 10.1 Å². The van der Waals surface area contributed by atoms with Crippen LogP contribution in [0.4, 0.5) is 0 Å². The summed E-state index contributed by atoms with van der Waals surface area (Å²) in [5.74, 6) is 0. The Morgan fingerprint density at radius 1 is 1.21 bits per heavy atom. The number of rotatable bonds is 7. The first-order valence-corrected chi connectivity index (χ1v) is 7.26. The lowest BCUT2D eigenvalue weighted by Gasteiger charge is -2.28. The van der Waals surface area contributed by atoms with Crippen LogP contribution < -0.4 is 5.32 Å². The average Bonchev–Trinajstić information content (AvgIpc) is 2.36. The van der Waals surface area contributed by atoms with E-state index >= 15 is 0 Å². The third-order valence-corrected chi connectivity index (χ3v) is 3.93. The van der Waals surface area contributed by atoms with E-state index in [1.165, 1.54) is 16.7 Å². The molecule has 0 heterocycles. The zero-order chi connectivity index (χ0) is 14.5. The van der Waals surface area contributed by atoms with Crippen molar-refractivity contribution in [2.45, 2.75) is 59.1 Å². The average molecular weight is 263 g/mol. The van der Waals surface area contributed by atoms with Gasteiger partial charge in [0.25, 0.3) is 0 Å². The smallest absolute Gasteiger partial charge is 0.0623 e. The highest BCUT2D eigenvalue weighted by Gasteiger charge is 2.21. The fourth-order valence-corrected chi connectivity index (χ4v) is 2.57. The molecule has 1 aromatic rings. The van der Waals surface area contributed by atoms with Crippen LogP contribution in [0.15, 0.2) is 18.2 Å². The summed E-state index contributed by atoms with van der Waals surface area (Å²) in [5, 5.41) is 3.62. The molecule has 1 aromatic carbocycles. The molecular formula is C17H29NO. The lowest BCUT2D eigenvalue weighted by Crippen LogP contribution is -2.28. The highest BCUT2D eigenvalue weighted by molar-refractivity contribution is 5.36. The molecule has 2 nitrogen and oxygen atoms in total. The van der Waals surface area contributed by atoms with E-state index in [2.05, 4.69) is 58.1 Å². The SMILES string of the molecule is CCNC(CCC(C)(C)OC)c1c(C)cccc1C. The molecule has 1 N–H and O–H groups in total. The van der Waals surface area contributed by atoms with Crippen molar-refractivity contribution < 1.29 is 4.74 Å². The van der Waals surface area contributed by atoms with Gasteiger partial charge in [-0.05, 0) is 63.8 Å². The van der Waals surface area contributed by atoms with Gasteiger partial charge in [0.05, 0.1) is 5.60 Å². The molecular weight excluding hydrogens is 234 g/mol. The second-order valence-electron chi connectivity index (χ2n) is 5.92. The Labute approximate surface area is 118 Å². The van der Waals surface area contributed by atoms with Crippen LogP contribution in [-0.2, 0) is 4.74 Å². The third-order valence-electron chi connectivity index (χ3n) is 3.93. The molecule has 0 saturated heterocycles. The van der Waals surface area contributed by atoms with Crippen LogP contribution >= 0.6 is 0 Å². The van der Waals surface area contributed by atoms with Crippen LogP contribution in [0.25, 0.3) is 0 Å². The van der Waals surface area contributed by atoms with Gasteiger partial charge in [-0.1, -0.05) is 25.1 Å². The maximum atomic E-state index is 5.53. The second kappa shape index (κ2) is 7.06. The molecule has 108 valence electrons. The van der Waals surface area contributed by atoms with Gasteiger partial charge in [-0.2, -0.15) is 0 Å². The molecule has 0 fully saturated rings. The zero-order valence-corrected chi connectivity index (χ0v) is 13.3. The van der Waals surface area contributed by atoms with Gasteiger partial charge in [0.15, 0.2) is 0 Å². The number of methoxy groups -OCH3 is 1. The first kappa shape index (κ1) is 16.2. The summed E-state index contributed by atoms with van der Waals surface area (Å²) in [6, 6.07) is 6.96. The molecule has 2 heteroatoms. The summed E-state index contributed by atoms with van der Waals surface area (Å²) in [6.45, 7) is 11.9. The molecule has 0 amide bonds. The van der Waals surface area contributed by atoms with E-state index in [4.69, 9.17) is 4.74 Å². The Hall–Kier alpha value is -0.860. The lowest BCUT2D eigenvalue weighted by molar-refractivity contribution is 0.0117. The molecule has 0 spiro atoms. The predicted molar refractivity (Wildman–Crippen MR) is 82.7 cm³/mol. The Morgan fingerprint density at radius 3 is 2.26 bits per heavy atom. The van der Waals surface area contributed by atoms with Gasteiger partial charge in [0.1, 0.15) is 0 Å². The summed E-state index contributed by atoms with van der Waals surface area (Å²) in [5.41, 5.74) is 4.16. The van der Waals surface area contributed by atoms with Gasteiger partial charge in [0.2, 0.25) is 0 Å². The molecule has 0 bridgehead atoms. The fourth-order valence-electron chi connectivity index (χ4n) is 2.57. The minimum atomic E-state index is -0.0513. The van der Waals surface area contributed by atoms with Crippen LogP contribution in [0.1, 0.15) is 56.3 Å². The minimum Gasteiger partial charge on any atom is -0.379 e. The molecule has 0 aliphatic carbocycles. The van der Waals surface area contributed by atoms with E-state index in [0.29, 0.717) is 6.04 Å². The summed E-state index contributed by atoms with van der Waals surface area (Å²) >= 11 is 0.